The second-order valence-electron chi connectivity index (χ2n) is 5.03. The first kappa shape index (κ1) is 17.0. The molecule has 0 saturated heterocycles. The van der Waals surface area contributed by atoms with Crippen LogP contribution in [0.3, 0.4) is 0 Å². The van der Waals surface area contributed by atoms with E-state index in [1.165, 1.54) is 0 Å². The van der Waals surface area contributed by atoms with Gasteiger partial charge in [0.05, 0.1) is 4.90 Å². The zero-order chi connectivity index (χ0) is 16.5. The van der Waals surface area contributed by atoms with Crippen LogP contribution in [0, 0.1) is 11.5 Å². The lowest BCUT2D eigenvalue weighted by Crippen LogP contribution is -2.25. The van der Waals surface area contributed by atoms with Crippen LogP contribution in [0.4, 0.5) is 0 Å². The minimum absolute atomic E-state index is 0.257. The molecule has 0 aliphatic rings. The lowest BCUT2D eigenvalue weighted by atomic mass is 10.1. The summed E-state index contributed by atoms with van der Waals surface area (Å²) in [4.78, 5) is 0.257. The first-order valence-corrected chi connectivity index (χ1v) is 8.89. The van der Waals surface area contributed by atoms with E-state index < -0.39 is 10.0 Å². The quantitative estimate of drug-likeness (QED) is 0.443. The van der Waals surface area contributed by atoms with Crippen molar-refractivity contribution in [2.75, 3.05) is 13.1 Å². The Morgan fingerprint density at radius 3 is 2.13 bits per heavy atom. The Labute approximate surface area is 137 Å². The van der Waals surface area contributed by atoms with Gasteiger partial charge in [0, 0.05) is 13.1 Å². The van der Waals surface area contributed by atoms with E-state index in [0.29, 0.717) is 19.5 Å². The number of hydrogen-bond donors (Lipinski definition) is 2. The van der Waals surface area contributed by atoms with Crippen molar-refractivity contribution in [3.8, 4) is 17.3 Å². The molecule has 0 aromatic heterocycles. The Morgan fingerprint density at radius 2 is 1.48 bits per heavy atom. The molecule has 0 spiro atoms. The van der Waals surface area contributed by atoms with E-state index >= 15 is 0 Å². The summed E-state index contributed by atoms with van der Waals surface area (Å²) < 4.78 is 27.0. The predicted octanol–water partition coefficient (Wildman–Crippen LogP) is 2.48. The van der Waals surface area contributed by atoms with Crippen molar-refractivity contribution >= 4 is 10.0 Å². The summed E-state index contributed by atoms with van der Waals surface area (Å²) in [5, 5.41) is 10.9. The Bertz CT molecular complexity index is 751. The number of nitrogens with one attached hydrogen (secondary N) is 2. The van der Waals surface area contributed by atoms with E-state index in [-0.39, 0.29) is 4.90 Å². The maximum absolute atomic E-state index is 12.2. The van der Waals surface area contributed by atoms with Crippen LogP contribution in [0.5, 0.6) is 0 Å². The largest absolute Gasteiger partial charge is 0.324 e. The molecule has 0 radical (unpaired) electrons. The minimum atomic E-state index is -3.49. The van der Waals surface area contributed by atoms with Crippen LogP contribution < -0.4 is 10.0 Å². The molecule has 0 aliphatic heterocycles. The summed E-state index contributed by atoms with van der Waals surface area (Å²) in [6.07, 6.45) is 3.25. The summed E-state index contributed by atoms with van der Waals surface area (Å²) >= 11 is 0. The molecule has 0 aliphatic carbocycles. The van der Waals surface area contributed by atoms with Crippen molar-refractivity contribution < 1.29 is 8.42 Å². The second kappa shape index (κ2) is 8.32. The third-order valence-electron chi connectivity index (χ3n) is 3.37. The van der Waals surface area contributed by atoms with Gasteiger partial charge in [-0.2, -0.15) is 5.26 Å². The van der Waals surface area contributed by atoms with Gasteiger partial charge in [0.2, 0.25) is 10.0 Å². The number of sulfonamides is 1. The topological polar surface area (TPSA) is 82.0 Å². The van der Waals surface area contributed by atoms with E-state index in [2.05, 4.69) is 10.0 Å². The fourth-order valence-electron chi connectivity index (χ4n) is 2.14. The first-order valence-electron chi connectivity index (χ1n) is 7.40. The molecular weight excluding hydrogens is 310 g/mol. The van der Waals surface area contributed by atoms with Gasteiger partial charge < -0.3 is 5.32 Å². The van der Waals surface area contributed by atoms with Gasteiger partial charge in [-0.3, -0.25) is 0 Å². The highest BCUT2D eigenvalue weighted by molar-refractivity contribution is 7.89. The zero-order valence-electron chi connectivity index (χ0n) is 12.7. The normalized spacial score (nSPS) is 10.9. The fraction of sp³-hybridized carbons (Fsp3) is 0.235. The second-order valence-corrected chi connectivity index (χ2v) is 6.80. The van der Waals surface area contributed by atoms with Crippen molar-refractivity contribution in [1.82, 2.24) is 10.0 Å². The SMILES string of the molecule is N#CNCCCCNS(=O)(=O)c1ccc(-c2ccccc2)cc1. The number of rotatable bonds is 8. The molecule has 0 unspecified atom stereocenters. The Hall–Kier alpha value is -2.36. The molecule has 5 nitrogen and oxygen atoms in total. The van der Waals surface area contributed by atoms with Crippen molar-refractivity contribution in [2.24, 2.45) is 0 Å². The Kier molecular flexibility index (Phi) is 6.15. The van der Waals surface area contributed by atoms with Crippen LogP contribution in [-0.4, -0.2) is 21.5 Å². The summed E-state index contributed by atoms with van der Waals surface area (Å²) in [7, 11) is -3.49. The van der Waals surface area contributed by atoms with Crippen LogP contribution in [0.1, 0.15) is 12.8 Å². The number of unbranched alkanes of at least 4 members (excludes halogenated alkanes) is 1. The molecule has 23 heavy (non-hydrogen) atoms. The lowest BCUT2D eigenvalue weighted by molar-refractivity contribution is 0.576. The van der Waals surface area contributed by atoms with Gasteiger partial charge in [-0.1, -0.05) is 42.5 Å². The zero-order valence-corrected chi connectivity index (χ0v) is 13.5. The Balaban J connectivity index is 1.94. The Morgan fingerprint density at radius 1 is 0.870 bits per heavy atom. The predicted molar refractivity (Wildman–Crippen MR) is 89.9 cm³/mol. The van der Waals surface area contributed by atoms with Gasteiger partial charge in [-0.25, -0.2) is 13.1 Å². The maximum Gasteiger partial charge on any atom is 0.240 e. The average Bonchev–Trinajstić information content (AvgIpc) is 2.59. The molecule has 0 amide bonds. The molecule has 0 atom stereocenters. The van der Waals surface area contributed by atoms with Crippen LogP contribution in [0.15, 0.2) is 59.5 Å². The van der Waals surface area contributed by atoms with E-state index in [4.69, 9.17) is 5.26 Å². The standard InChI is InChI=1S/C17H19N3O2S/c18-14-19-12-4-5-13-20-23(21,22)17-10-8-16(9-11-17)15-6-2-1-3-7-15/h1-3,6-11,19-20H,4-5,12-13H2. The van der Waals surface area contributed by atoms with Crippen molar-refractivity contribution in [1.29, 1.82) is 5.26 Å². The highest BCUT2D eigenvalue weighted by Crippen LogP contribution is 2.20. The first-order chi connectivity index (χ1) is 11.1. The van der Waals surface area contributed by atoms with Crippen LogP contribution in [-0.2, 0) is 10.0 Å². The molecule has 2 rings (SSSR count). The molecule has 0 bridgehead atoms. The average molecular weight is 329 g/mol. The minimum Gasteiger partial charge on any atom is -0.324 e. The van der Waals surface area contributed by atoms with Gasteiger partial charge in [-0.05, 0) is 36.1 Å². The molecule has 120 valence electrons. The van der Waals surface area contributed by atoms with Gasteiger partial charge in [0.1, 0.15) is 0 Å². The van der Waals surface area contributed by atoms with E-state index in [1.807, 2.05) is 36.5 Å². The van der Waals surface area contributed by atoms with E-state index in [0.717, 1.165) is 17.5 Å². The highest BCUT2D eigenvalue weighted by Gasteiger charge is 2.13. The molecule has 2 aromatic carbocycles. The smallest absolute Gasteiger partial charge is 0.240 e. The molecule has 6 heteroatoms. The number of hydrogen-bond acceptors (Lipinski definition) is 4. The summed E-state index contributed by atoms with van der Waals surface area (Å²) in [5.74, 6) is 0. The van der Waals surface area contributed by atoms with Crippen LogP contribution in [0.25, 0.3) is 11.1 Å². The van der Waals surface area contributed by atoms with Gasteiger partial charge >= 0.3 is 0 Å². The van der Waals surface area contributed by atoms with E-state index in [1.54, 1.807) is 24.3 Å². The van der Waals surface area contributed by atoms with Crippen molar-refractivity contribution in [3.63, 3.8) is 0 Å². The monoisotopic (exact) mass is 329 g/mol. The third-order valence-corrected chi connectivity index (χ3v) is 4.85. The summed E-state index contributed by atoms with van der Waals surface area (Å²) in [6.45, 7) is 0.917. The summed E-state index contributed by atoms with van der Waals surface area (Å²) in [6, 6.07) is 16.6. The number of nitrogens with zero attached hydrogens (tertiary/aromatic N) is 1. The van der Waals surface area contributed by atoms with Gasteiger partial charge in [0.15, 0.2) is 6.19 Å². The third kappa shape index (κ3) is 5.09. The fourth-order valence-corrected chi connectivity index (χ4v) is 3.22. The molecule has 0 heterocycles. The molecule has 2 N–H and O–H groups in total. The molecule has 2 aromatic rings. The van der Waals surface area contributed by atoms with Crippen LogP contribution in [0.2, 0.25) is 0 Å². The molecule has 0 fully saturated rings. The number of benzene rings is 2. The van der Waals surface area contributed by atoms with Crippen molar-refractivity contribution in [2.45, 2.75) is 17.7 Å². The molecule has 0 saturated carbocycles. The molecular formula is C17H19N3O2S. The van der Waals surface area contributed by atoms with Crippen molar-refractivity contribution in [3.05, 3.63) is 54.6 Å². The summed E-state index contributed by atoms with van der Waals surface area (Å²) in [5.41, 5.74) is 2.03. The van der Waals surface area contributed by atoms with Crippen LogP contribution >= 0.6 is 0 Å². The van der Waals surface area contributed by atoms with Gasteiger partial charge in [-0.15, -0.1) is 0 Å². The van der Waals surface area contributed by atoms with Gasteiger partial charge in [0.25, 0.3) is 0 Å². The van der Waals surface area contributed by atoms with E-state index in [9.17, 15) is 8.42 Å². The highest BCUT2D eigenvalue weighted by atomic mass is 32.2. The number of nitriles is 1. The lowest BCUT2D eigenvalue weighted by Gasteiger charge is -2.08. The maximum atomic E-state index is 12.2.